The highest BCUT2D eigenvalue weighted by molar-refractivity contribution is 6.32. The Balaban J connectivity index is 2.00. The van der Waals surface area contributed by atoms with Gasteiger partial charge in [0.15, 0.2) is 17.2 Å². The van der Waals surface area contributed by atoms with Gasteiger partial charge in [0.1, 0.15) is 5.82 Å². The summed E-state index contributed by atoms with van der Waals surface area (Å²) >= 11 is 6.38. The van der Waals surface area contributed by atoms with Gasteiger partial charge in [-0.1, -0.05) is 39.3 Å². The van der Waals surface area contributed by atoms with Crippen LogP contribution in [-0.4, -0.2) is 35.2 Å². The summed E-state index contributed by atoms with van der Waals surface area (Å²) < 4.78 is 12.7. The van der Waals surface area contributed by atoms with Crippen LogP contribution >= 0.6 is 11.6 Å². The maximum absolute atomic E-state index is 13.4. The van der Waals surface area contributed by atoms with E-state index in [1.54, 1.807) is 12.1 Å². The second kappa shape index (κ2) is 10.3. The van der Waals surface area contributed by atoms with Crippen LogP contribution < -0.4 is 31.4 Å². The van der Waals surface area contributed by atoms with Crippen LogP contribution in [0.25, 0.3) is 0 Å². The molecule has 0 fully saturated rings. The molecule has 1 aromatic carbocycles. The van der Waals surface area contributed by atoms with E-state index in [0.29, 0.717) is 41.8 Å². The summed E-state index contributed by atoms with van der Waals surface area (Å²) in [5, 5.41) is 0.357. The standard InChI is InChI=1S/C23H31ClN4O5/c1-13(2)11-27(19-21(25)28(12-14(3)4)23(31)26-22(19)30)18(29)10-15-8-16(24)20-17(9-15)32-6-5-7-33-20/h8-9,13-14H,5-7,10-12,25H2,1-4H3,(H,26,30,31). The van der Waals surface area contributed by atoms with Crippen LogP contribution in [0.4, 0.5) is 11.5 Å². The van der Waals surface area contributed by atoms with Crippen molar-refractivity contribution in [2.24, 2.45) is 11.8 Å². The summed E-state index contributed by atoms with van der Waals surface area (Å²) in [6.07, 6.45) is 0.695. The Kier molecular flexibility index (Phi) is 7.73. The molecule has 2 heterocycles. The fourth-order valence-corrected chi connectivity index (χ4v) is 4.01. The first-order chi connectivity index (χ1) is 15.6. The zero-order valence-electron chi connectivity index (χ0n) is 19.4. The molecule has 33 heavy (non-hydrogen) atoms. The minimum atomic E-state index is -0.691. The van der Waals surface area contributed by atoms with Crippen LogP contribution in [-0.2, 0) is 17.8 Å². The number of anilines is 2. The average Bonchev–Trinajstić information content (AvgIpc) is 2.95. The number of hydrogen-bond acceptors (Lipinski definition) is 6. The van der Waals surface area contributed by atoms with E-state index >= 15 is 0 Å². The van der Waals surface area contributed by atoms with Crippen molar-refractivity contribution in [1.29, 1.82) is 0 Å². The molecule has 10 heteroatoms. The summed E-state index contributed by atoms with van der Waals surface area (Å²) in [6, 6.07) is 3.39. The van der Waals surface area contributed by atoms with Crippen LogP contribution in [0.15, 0.2) is 21.7 Å². The van der Waals surface area contributed by atoms with E-state index < -0.39 is 11.2 Å². The van der Waals surface area contributed by atoms with Crippen molar-refractivity contribution in [3.63, 3.8) is 0 Å². The Labute approximate surface area is 197 Å². The van der Waals surface area contributed by atoms with Crippen LogP contribution in [0.2, 0.25) is 5.02 Å². The molecule has 1 amide bonds. The third kappa shape index (κ3) is 5.71. The first-order valence-electron chi connectivity index (χ1n) is 11.1. The SMILES string of the molecule is CC(C)CN(C(=O)Cc1cc(Cl)c2c(c1)OCCCO2)c1c(N)n(CC(C)C)c(=O)[nH]c1=O. The summed E-state index contributed by atoms with van der Waals surface area (Å²) in [6.45, 7) is 9.28. The first-order valence-corrected chi connectivity index (χ1v) is 11.5. The van der Waals surface area contributed by atoms with Gasteiger partial charge < -0.3 is 20.1 Å². The molecule has 9 nitrogen and oxygen atoms in total. The lowest BCUT2D eigenvalue weighted by molar-refractivity contribution is -0.118. The van der Waals surface area contributed by atoms with Crippen molar-refractivity contribution in [3.05, 3.63) is 43.6 Å². The van der Waals surface area contributed by atoms with Crippen molar-refractivity contribution in [1.82, 2.24) is 9.55 Å². The van der Waals surface area contributed by atoms with Crippen molar-refractivity contribution >= 4 is 29.0 Å². The normalized spacial score (nSPS) is 13.3. The fraction of sp³-hybridized carbons (Fsp3) is 0.522. The van der Waals surface area contributed by atoms with Crippen molar-refractivity contribution < 1.29 is 14.3 Å². The number of nitrogens with two attached hydrogens (primary N) is 1. The number of fused-ring (bicyclic) bond motifs is 1. The quantitative estimate of drug-likeness (QED) is 0.631. The van der Waals surface area contributed by atoms with Crippen LogP contribution in [0, 0.1) is 11.8 Å². The fourth-order valence-electron chi connectivity index (χ4n) is 3.72. The third-order valence-electron chi connectivity index (χ3n) is 5.10. The number of H-pyrrole nitrogens is 1. The number of ether oxygens (including phenoxy) is 2. The van der Waals surface area contributed by atoms with E-state index in [-0.39, 0.29) is 42.2 Å². The predicted octanol–water partition coefficient (Wildman–Crippen LogP) is 2.82. The molecule has 0 saturated carbocycles. The van der Waals surface area contributed by atoms with Crippen molar-refractivity contribution in [2.75, 3.05) is 30.4 Å². The third-order valence-corrected chi connectivity index (χ3v) is 5.38. The van der Waals surface area contributed by atoms with E-state index in [9.17, 15) is 14.4 Å². The highest BCUT2D eigenvalue weighted by atomic mass is 35.5. The Morgan fingerprint density at radius 1 is 1.18 bits per heavy atom. The van der Waals surface area contributed by atoms with Crippen LogP contribution in [0.1, 0.15) is 39.7 Å². The van der Waals surface area contributed by atoms with Gasteiger partial charge in [0.05, 0.1) is 24.7 Å². The molecule has 0 radical (unpaired) electrons. The number of hydrogen-bond donors (Lipinski definition) is 2. The lowest BCUT2D eigenvalue weighted by atomic mass is 10.1. The second-order valence-corrected chi connectivity index (χ2v) is 9.44. The molecule has 1 aliphatic rings. The van der Waals surface area contributed by atoms with Gasteiger partial charge >= 0.3 is 5.69 Å². The average molecular weight is 479 g/mol. The van der Waals surface area contributed by atoms with Gasteiger partial charge in [0.25, 0.3) is 5.56 Å². The maximum atomic E-state index is 13.4. The number of amides is 1. The number of nitrogens with one attached hydrogen (secondary N) is 1. The largest absolute Gasteiger partial charge is 0.489 e. The molecule has 2 aromatic rings. The zero-order chi connectivity index (χ0) is 24.3. The maximum Gasteiger partial charge on any atom is 0.330 e. The summed E-state index contributed by atoms with van der Waals surface area (Å²) in [4.78, 5) is 42.2. The molecule has 0 saturated heterocycles. The number of halogens is 1. The van der Waals surface area contributed by atoms with Crippen molar-refractivity contribution in [3.8, 4) is 11.5 Å². The van der Waals surface area contributed by atoms with E-state index in [1.165, 1.54) is 9.47 Å². The predicted molar refractivity (Wildman–Crippen MR) is 129 cm³/mol. The van der Waals surface area contributed by atoms with Gasteiger partial charge in [-0.25, -0.2) is 4.79 Å². The number of nitrogens with zero attached hydrogens (tertiary/aromatic N) is 2. The molecular formula is C23H31ClN4O5. The monoisotopic (exact) mass is 478 g/mol. The lowest BCUT2D eigenvalue weighted by Crippen LogP contribution is -2.43. The molecule has 0 unspecified atom stereocenters. The molecule has 0 bridgehead atoms. The summed E-state index contributed by atoms with van der Waals surface area (Å²) in [5.74, 6) is 0.740. The molecule has 3 N–H and O–H groups in total. The van der Waals surface area contributed by atoms with Crippen molar-refractivity contribution in [2.45, 2.75) is 47.1 Å². The number of rotatable bonds is 7. The van der Waals surface area contributed by atoms with Crippen LogP contribution in [0.5, 0.6) is 11.5 Å². The Morgan fingerprint density at radius 3 is 2.55 bits per heavy atom. The molecule has 0 atom stereocenters. The Bertz CT molecular complexity index is 1140. The van der Waals surface area contributed by atoms with Crippen LogP contribution in [0.3, 0.4) is 0 Å². The summed E-state index contributed by atoms with van der Waals surface area (Å²) in [5.41, 5.74) is 5.58. The number of aromatic amines is 1. The molecule has 180 valence electrons. The molecule has 0 aliphatic carbocycles. The van der Waals surface area contributed by atoms with Gasteiger partial charge in [-0.2, -0.15) is 0 Å². The van der Waals surface area contributed by atoms with Gasteiger partial charge in [-0.05, 0) is 29.5 Å². The number of benzene rings is 1. The van der Waals surface area contributed by atoms with Gasteiger partial charge in [-0.15, -0.1) is 0 Å². The molecular weight excluding hydrogens is 448 g/mol. The minimum absolute atomic E-state index is 0.0191. The van der Waals surface area contributed by atoms with E-state index in [0.717, 1.165) is 6.42 Å². The molecule has 1 aliphatic heterocycles. The zero-order valence-corrected chi connectivity index (χ0v) is 20.2. The molecule has 0 spiro atoms. The van der Waals surface area contributed by atoms with E-state index in [4.69, 9.17) is 26.8 Å². The van der Waals surface area contributed by atoms with Gasteiger partial charge in [0.2, 0.25) is 5.91 Å². The molecule has 3 rings (SSSR count). The Morgan fingerprint density at radius 2 is 1.88 bits per heavy atom. The lowest BCUT2D eigenvalue weighted by Gasteiger charge is -2.26. The summed E-state index contributed by atoms with van der Waals surface area (Å²) in [7, 11) is 0. The number of carbonyl (C=O) groups is 1. The Hall–Kier alpha value is -2.94. The molecule has 1 aromatic heterocycles. The van der Waals surface area contributed by atoms with Gasteiger partial charge in [0, 0.05) is 19.5 Å². The number of nitrogen functional groups attached to an aromatic ring is 1. The highest BCUT2D eigenvalue weighted by Gasteiger charge is 2.26. The topological polar surface area (TPSA) is 120 Å². The van der Waals surface area contributed by atoms with E-state index in [2.05, 4.69) is 4.98 Å². The number of carbonyl (C=O) groups excluding carboxylic acids is 1. The minimum Gasteiger partial charge on any atom is -0.489 e. The first kappa shape index (κ1) is 24.7. The smallest absolute Gasteiger partial charge is 0.330 e. The second-order valence-electron chi connectivity index (χ2n) is 9.03. The van der Waals surface area contributed by atoms with E-state index in [1.807, 2.05) is 27.7 Å². The number of aromatic nitrogens is 2. The highest BCUT2D eigenvalue weighted by Crippen LogP contribution is 2.38. The van der Waals surface area contributed by atoms with Gasteiger partial charge in [-0.3, -0.25) is 19.1 Å².